The summed E-state index contributed by atoms with van der Waals surface area (Å²) in [5, 5.41) is 11.1. The lowest BCUT2D eigenvalue weighted by atomic mass is 9.45. The molecule has 2 heteroatoms. The maximum absolute atomic E-state index is 11.1. The fourth-order valence-corrected chi connectivity index (χ4v) is 7.40. The molecule has 0 spiro atoms. The highest BCUT2D eigenvalue weighted by atomic mass is 79.9. The topological polar surface area (TPSA) is 20.2 Å². The van der Waals surface area contributed by atoms with Gasteiger partial charge in [0.05, 0.1) is 0 Å². The van der Waals surface area contributed by atoms with Gasteiger partial charge in [0.2, 0.25) is 0 Å². The van der Waals surface area contributed by atoms with E-state index in [0.29, 0.717) is 0 Å². The summed E-state index contributed by atoms with van der Waals surface area (Å²) in [5.74, 6) is 2.88. The van der Waals surface area contributed by atoms with Crippen molar-refractivity contribution < 1.29 is 5.11 Å². The van der Waals surface area contributed by atoms with Crippen molar-refractivity contribution >= 4 is 21.5 Å². The summed E-state index contributed by atoms with van der Waals surface area (Å²) >= 11 is 3.67. The van der Waals surface area contributed by atoms with Crippen LogP contribution in [0.2, 0.25) is 0 Å². The second-order valence-corrected chi connectivity index (χ2v) is 10.1. The van der Waals surface area contributed by atoms with Crippen LogP contribution in [0, 0.1) is 29.1 Å². The maximum atomic E-state index is 11.1. The lowest BCUT2D eigenvalue weighted by molar-refractivity contribution is -0.100. The summed E-state index contributed by atoms with van der Waals surface area (Å²) in [6, 6.07) is 10.6. The number of allylic oxidation sites excluding steroid dienone is 2. The molecule has 0 aromatic heterocycles. The van der Waals surface area contributed by atoms with Gasteiger partial charge in [0, 0.05) is 5.92 Å². The van der Waals surface area contributed by atoms with Gasteiger partial charge in [-0.15, -0.1) is 0 Å². The second-order valence-electron chi connectivity index (χ2n) is 8.81. The molecule has 24 heavy (non-hydrogen) atoms. The Balaban J connectivity index is 1.56. The zero-order valence-corrected chi connectivity index (χ0v) is 15.6. The molecule has 2 atom stereocenters. The Kier molecular flexibility index (Phi) is 3.41. The summed E-state index contributed by atoms with van der Waals surface area (Å²) < 4.78 is -0.892. The molecule has 2 unspecified atom stereocenters. The van der Waals surface area contributed by atoms with Crippen molar-refractivity contribution in [2.45, 2.75) is 43.0 Å². The molecule has 0 saturated heterocycles. The van der Waals surface area contributed by atoms with E-state index >= 15 is 0 Å². The van der Waals surface area contributed by atoms with Gasteiger partial charge in [-0.1, -0.05) is 42.5 Å². The van der Waals surface area contributed by atoms with Crippen LogP contribution >= 0.6 is 15.9 Å². The van der Waals surface area contributed by atoms with E-state index in [1.807, 2.05) is 6.08 Å². The van der Waals surface area contributed by atoms with Crippen molar-refractivity contribution in [3.63, 3.8) is 0 Å². The maximum Gasteiger partial charge on any atom is 0.145 e. The van der Waals surface area contributed by atoms with Crippen molar-refractivity contribution in [2.75, 3.05) is 0 Å². The molecule has 1 aromatic rings. The van der Waals surface area contributed by atoms with Crippen molar-refractivity contribution in [1.82, 2.24) is 0 Å². The monoisotopic (exact) mass is 384 g/mol. The summed E-state index contributed by atoms with van der Waals surface area (Å²) in [7, 11) is 0. The van der Waals surface area contributed by atoms with Gasteiger partial charge in [-0.05, 0) is 94.8 Å². The van der Waals surface area contributed by atoms with E-state index in [9.17, 15) is 5.11 Å². The van der Waals surface area contributed by atoms with Gasteiger partial charge >= 0.3 is 0 Å². The molecule has 1 N–H and O–H groups in total. The number of hydrogen-bond donors (Lipinski definition) is 1. The number of aliphatic hydroxyl groups is 1. The zero-order chi connectivity index (χ0) is 16.4. The highest BCUT2D eigenvalue weighted by Crippen LogP contribution is 2.65. The number of benzene rings is 1. The van der Waals surface area contributed by atoms with Crippen LogP contribution in [-0.2, 0) is 0 Å². The van der Waals surface area contributed by atoms with E-state index in [4.69, 9.17) is 0 Å². The molecule has 0 aliphatic heterocycles. The van der Waals surface area contributed by atoms with Crippen LogP contribution in [0.1, 0.15) is 44.1 Å². The molecular formula is C22H25BrO. The van der Waals surface area contributed by atoms with Crippen molar-refractivity contribution in [1.29, 1.82) is 0 Å². The highest BCUT2D eigenvalue weighted by Gasteiger charge is 2.57. The molecule has 1 nitrogen and oxygen atoms in total. The van der Waals surface area contributed by atoms with Gasteiger partial charge < -0.3 is 5.11 Å². The SMILES string of the molecule is OC1(Br)C=CC(c2ccccc2)=CC1C12CC3CC(CC(C3)C1)C2. The number of alkyl halides is 1. The Bertz CT molecular complexity index is 665. The third kappa shape index (κ3) is 2.37. The normalized spacial score (nSPS) is 46.2. The fraction of sp³-hybridized carbons (Fsp3) is 0.545. The van der Waals surface area contributed by atoms with Gasteiger partial charge in [-0.3, -0.25) is 0 Å². The van der Waals surface area contributed by atoms with E-state index in [1.165, 1.54) is 49.7 Å². The highest BCUT2D eigenvalue weighted by molar-refractivity contribution is 9.10. The average Bonchev–Trinajstić information content (AvgIpc) is 2.54. The molecule has 5 aliphatic carbocycles. The van der Waals surface area contributed by atoms with E-state index in [0.717, 1.165) is 17.8 Å². The lowest BCUT2D eigenvalue weighted by Gasteiger charge is -2.61. The van der Waals surface area contributed by atoms with E-state index < -0.39 is 4.51 Å². The first-order valence-corrected chi connectivity index (χ1v) is 10.2. The third-order valence-corrected chi connectivity index (χ3v) is 7.89. The fourth-order valence-electron chi connectivity index (χ4n) is 6.65. The molecule has 6 rings (SSSR count). The quantitative estimate of drug-likeness (QED) is 0.662. The van der Waals surface area contributed by atoms with Crippen molar-refractivity contribution in [2.24, 2.45) is 29.1 Å². The molecule has 4 saturated carbocycles. The first kappa shape index (κ1) is 15.4. The van der Waals surface area contributed by atoms with E-state index in [1.54, 1.807) is 0 Å². The standard InChI is InChI=1S/C22H25BrO/c23-22(24)7-6-19(18-4-2-1-3-5-18)11-20(22)21-12-15-8-16(13-21)10-17(9-15)14-21/h1-7,11,15-17,20,24H,8-10,12-14H2. The van der Waals surface area contributed by atoms with Crippen LogP contribution in [0.3, 0.4) is 0 Å². The Morgan fingerprint density at radius 3 is 2.08 bits per heavy atom. The van der Waals surface area contributed by atoms with E-state index in [2.05, 4.69) is 58.4 Å². The number of hydrogen-bond acceptors (Lipinski definition) is 1. The van der Waals surface area contributed by atoms with Crippen LogP contribution in [0.5, 0.6) is 0 Å². The van der Waals surface area contributed by atoms with Crippen LogP contribution < -0.4 is 0 Å². The summed E-state index contributed by atoms with van der Waals surface area (Å²) in [6.45, 7) is 0. The Labute approximate surface area is 153 Å². The van der Waals surface area contributed by atoms with Crippen molar-refractivity contribution in [3.05, 3.63) is 54.1 Å². The molecule has 4 bridgehead atoms. The Hall–Kier alpha value is -0.860. The molecule has 1 aromatic carbocycles. The molecule has 0 amide bonds. The summed E-state index contributed by atoms with van der Waals surface area (Å²) in [5.41, 5.74) is 2.81. The molecule has 4 fully saturated rings. The van der Waals surface area contributed by atoms with Crippen LogP contribution in [0.15, 0.2) is 48.6 Å². The largest absolute Gasteiger partial charge is 0.375 e. The van der Waals surface area contributed by atoms with E-state index in [-0.39, 0.29) is 11.3 Å². The lowest BCUT2D eigenvalue weighted by Crippen LogP contribution is -2.54. The average molecular weight is 385 g/mol. The number of rotatable bonds is 2. The first-order valence-electron chi connectivity index (χ1n) is 9.42. The smallest absolute Gasteiger partial charge is 0.145 e. The number of halogens is 1. The molecule has 126 valence electrons. The predicted octanol–water partition coefficient (Wildman–Crippen LogP) is 5.56. The Morgan fingerprint density at radius 1 is 0.917 bits per heavy atom. The third-order valence-electron chi connectivity index (χ3n) is 7.13. The predicted molar refractivity (Wildman–Crippen MR) is 102 cm³/mol. The van der Waals surface area contributed by atoms with Crippen LogP contribution in [0.4, 0.5) is 0 Å². The molecule has 0 radical (unpaired) electrons. The van der Waals surface area contributed by atoms with Gasteiger partial charge in [-0.25, -0.2) is 0 Å². The minimum absolute atomic E-state index is 0.179. The molecular weight excluding hydrogens is 360 g/mol. The van der Waals surface area contributed by atoms with Gasteiger partial charge in [0.25, 0.3) is 0 Å². The first-order chi connectivity index (χ1) is 11.5. The van der Waals surface area contributed by atoms with Crippen LogP contribution in [-0.4, -0.2) is 9.62 Å². The summed E-state index contributed by atoms with van der Waals surface area (Å²) in [4.78, 5) is 0. The molecule has 5 aliphatic rings. The molecule has 0 heterocycles. The Morgan fingerprint density at radius 2 is 1.50 bits per heavy atom. The van der Waals surface area contributed by atoms with Gasteiger partial charge in [0.15, 0.2) is 0 Å². The zero-order valence-electron chi connectivity index (χ0n) is 14.0. The van der Waals surface area contributed by atoms with Crippen LogP contribution in [0.25, 0.3) is 5.57 Å². The minimum atomic E-state index is -0.892. The van der Waals surface area contributed by atoms with Crippen molar-refractivity contribution in [3.8, 4) is 0 Å². The van der Waals surface area contributed by atoms with Gasteiger partial charge in [0.1, 0.15) is 4.51 Å². The second kappa shape index (κ2) is 5.32. The van der Waals surface area contributed by atoms with Gasteiger partial charge in [-0.2, -0.15) is 0 Å². The minimum Gasteiger partial charge on any atom is -0.375 e. The summed E-state index contributed by atoms with van der Waals surface area (Å²) in [6.07, 6.45) is 14.7.